The third-order valence-corrected chi connectivity index (χ3v) is 2.71. The number of aromatic nitrogens is 1. The summed E-state index contributed by atoms with van der Waals surface area (Å²) in [6.07, 6.45) is 3.84. The van der Waals surface area contributed by atoms with Crippen molar-refractivity contribution in [2.24, 2.45) is 0 Å². The highest BCUT2D eigenvalue weighted by Crippen LogP contribution is 2.06. The van der Waals surface area contributed by atoms with E-state index in [1.807, 2.05) is 0 Å². The van der Waals surface area contributed by atoms with Gasteiger partial charge >= 0.3 is 0 Å². The SMILES string of the molecule is Nc1ccc(CC(=O)NC2CCCOC2)nc1. The van der Waals surface area contributed by atoms with Crippen LogP contribution >= 0.6 is 0 Å². The molecule has 1 unspecified atom stereocenters. The summed E-state index contributed by atoms with van der Waals surface area (Å²) in [4.78, 5) is 15.8. The number of nitrogens with two attached hydrogens (primary N) is 1. The molecule has 1 fully saturated rings. The molecule has 1 aliphatic heterocycles. The summed E-state index contributed by atoms with van der Waals surface area (Å²) in [7, 11) is 0. The van der Waals surface area contributed by atoms with E-state index in [1.54, 1.807) is 18.3 Å². The Labute approximate surface area is 100 Å². The molecule has 1 amide bonds. The average molecular weight is 235 g/mol. The second-order valence-electron chi connectivity index (χ2n) is 4.24. The minimum atomic E-state index is -0.0160. The number of rotatable bonds is 3. The van der Waals surface area contributed by atoms with Crippen molar-refractivity contribution in [2.75, 3.05) is 18.9 Å². The van der Waals surface area contributed by atoms with Gasteiger partial charge in [0.1, 0.15) is 0 Å². The van der Waals surface area contributed by atoms with Gasteiger partial charge in [-0.2, -0.15) is 0 Å². The largest absolute Gasteiger partial charge is 0.397 e. The summed E-state index contributed by atoms with van der Waals surface area (Å²) in [6.45, 7) is 1.41. The van der Waals surface area contributed by atoms with Crippen molar-refractivity contribution in [3.8, 4) is 0 Å². The van der Waals surface area contributed by atoms with Gasteiger partial charge in [-0.05, 0) is 25.0 Å². The molecule has 2 rings (SSSR count). The molecule has 5 nitrogen and oxygen atoms in total. The third-order valence-electron chi connectivity index (χ3n) is 2.71. The molecule has 0 spiro atoms. The average Bonchev–Trinajstić information content (AvgIpc) is 2.33. The molecule has 5 heteroatoms. The van der Waals surface area contributed by atoms with Crippen molar-refractivity contribution in [1.82, 2.24) is 10.3 Å². The Bertz CT molecular complexity index is 372. The first kappa shape index (κ1) is 11.9. The monoisotopic (exact) mass is 235 g/mol. The molecule has 17 heavy (non-hydrogen) atoms. The van der Waals surface area contributed by atoms with Crippen LogP contribution in [0, 0.1) is 0 Å². The fraction of sp³-hybridized carbons (Fsp3) is 0.500. The number of nitrogens with zero attached hydrogens (tertiary/aromatic N) is 1. The standard InChI is InChI=1S/C12H17N3O2/c13-9-3-4-10(14-7-9)6-12(16)15-11-2-1-5-17-8-11/h3-4,7,11H,1-2,5-6,8,13H2,(H,15,16). The number of hydrogen-bond donors (Lipinski definition) is 2. The van der Waals surface area contributed by atoms with Crippen LogP contribution in [-0.4, -0.2) is 30.1 Å². The predicted molar refractivity (Wildman–Crippen MR) is 64.3 cm³/mol. The van der Waals surface area contributed by atoms with Crippen molar-refractivity contribution in [3.63, 3.8) is 0 Å². The summed E-state index contributed by atoms with van der Waals surface area (Å²) in [5, 5.41) is 2.95. The molecule has 3 N–H and O–H groups in total. The third kappa shape index (κ3) is 3.71. The van der Waals surface area contributed by atoms with Gasteiger partial charge in [-0.3, -0.25) is 9.78 Å². The van der Waals surface area contributed by atoms with Gasteiger partial charge in [-0.25, -0.2) is 0 Å². The molecule has 1 aromatic rings. The van der Waals surface area contributed by atoms with Crippen LogP contribution in [0.25, 0.3) is 0 Å². The lowest BCUT2D eigenvalue weighted by molar-refractivity contribution is -0.122. The van der Waals surface area contributed by atoms with Crippen LogP contribution in [-0.2, 0) is 16.0 Å². The molecule has 1 aromatic heterocycles. The fourth-order valence-electron chi connectivity index (χ4n) is 1.84. The van der Waals surface area contributed by atoms with Gasteiger partial charge in [0.15, 0.2) is 0 Å². The number of hydrogen-bond acceptors (Lipinski definition) is 4. The summed E-state index contributed by atoms with van der Waals surface area (Å²) in [5.74, 6) is -0.0160. The normalized spacial score (nSPS) is 19.9. The Hall–Kier alpha value is -1.62. The number of nitrogen functional groups attached to an aromatic ring is 1. The Morgan fingerprint density at radius 3 is 3.12 bits per heavy atom. The number of nitrogens with one attached hydrogen (secondary N) is 1. The van der Waals surface area contributed by atoms with Crippen molar-refractivity contribution in [3.05, 3.63) is 24.0 Å². The molecule has 1 atom stereocenters. The van der Waals surface area contributed by atoms with E-state index in [-0.39, 0.29) is 18.4 Å². The van der Waals surface area contributed by atoms with Gasteiger partial charge in [0.05, 0.1) is 31.0 Å². The lowest BCUT2D eigenvalue weighted by atomic mass is 10.1. The minimum Gasteiger partial charge on any atom is -0.397 e. The first-order valence-corrected chi connectivity index (χ1v) is 5.81. The zero-order chi connectivity index (χ0) is 12.1. The summed E-state index contributed by atoms with van der Waals surface area (Å²) in [6, 6.07) is 3.66. The van der Waals surface area contributed by atoms with Crippen molar-refractivity contribution >= 4 is 11.6 Å². The second kappa shape index (κ2) is 5.63. The van der Waals surface area contributed by atoms with Gasteiger partial charge in [0, 0.05) is 12.3 Å². The van der Waals surface area contributed by atoms with Crippen molar-refractivity contribution < 1.29 is 9.53 Å². The molecule has 0 aliphatic carbocycles. The molecule has 0 saturated carbocycles. The van der Waals surface area contributed by atoms with Gasteiger partial charge in [-0.15, -0.1) is 0 Å². The molecule has 0 radical (unpaired) electrons. The Kier molecular flexibility index (Phi) is 3.93. The first-order valence-electron chi connectivity index (χ1n) is 5.81. The quantitative estimate of drug-likeness (QED) is 0.800. The molecule has 92 valence electrons. The van der Waals surface area contributed by atoms with Crippen LogP contribution in [0.15, 0.2) is 18.3 Å². The van der Waals surface area contributed by atoms with E-state index in [1.165, 1.54) is 0 Å². The lowest BCUT2D eigenvalue weighted by Gasteiger charge is -2.23. The summed E-state index contributed by atoms with van der Waals surface area (Å²) < 4.78 is 5.30. The fourth-order valence-corrected chi connectivity index (χ4v) is 1.84. The number of amides is 1. The maximum atomic E-state index is 11.7. The molecule has 0 bridgehead atoms. The van der Waals surface area contributed by atoms with Crippen molar-refractivity contribution in [1.29, 1.82) is 0 Å². The zero-order valence-electron chi connectivity index (χ0n) is 9.69. The predicted octanol–water partition coefficient (Wildman–Crippen LogP) is 0.501. The van der Waals surface area contributed by atoms with Crippen LogP contribution in [0.1, 0.15) is 18.5 Å². The molecule has 1 saturated heterocycles. The lowest BCUT2D eigenvalue weighted by Crippen LogP contribution is -2.41. The van der Waals surface area contributed by atoms with E-state index in [0.717, 1.165) is 25.1 Å². The van der Waals surface area contributed by atoms with E-state index in [4.69, 9.17) is 10.5 Å². The molecular formula is C12H17N3O2. The number of carbonyl (C=O) groups is 1. The summed E-state index contributed by atoms with van der Waals surface area (Å²) in [5.41, 5.74) is 6.86. The highest BCUT2D eigenvalue weighted by Gasteiger charge is 2.16. The van der Waals surface area contributed by atoms with Crippen molar-refractivity contribution in [2.45, 2.75) is 25.3 Å². The van der Waals surface area contributed by atoms with Gasteiger partial charge < -0.3 is 15.8 Å². The van der Waals surface area contributed by atoms with Crippen LogP contribution in [0.4, 0.5) is 5.69 Å². The highest BCUT2D eigenvalue weighted by atomic mass is 16.5. The van der Waals surface area contributed by atoms with Crippen LogP contribution in [0.2, 0.25) is 0 Å². The Balaban J connectivity index is 1.82. The van der Waals surface area contributed by atoms with Crippen LogP contribution < -0.4 is 11.1 Å². The van der Waals surface area contributed by atoms with Crippen LogP contribution in [0.3, 0.4) is 0 Å². The molecule has 0 aromatic carbocycles. The van der Waals surface area contributed by atoms with Gasteiger partial charge in [0.25, 0.3) is 0 Å². The Morgan fingerprint density at radius 1 is 1.59 bits per heavy atom. The highest BCUT2D eigenvalue weighted by molar-refractivity contribution is 5.78. The zero-order valence-corrected chi connectivity index (χ0v) is 9.69. The van der Waals surface area contributed by atoms with Gasteiger partial charge in [-0.1, -0.05) is 0 Å². The maximum absolute atomic E-state index is 11.7. The smallest absolute Gasteiger partial charge is 0.226 e. The maximum Gasteiger partial charge on any atom is 0.226 e. The molecule has 1 aliphatic rings. The van der Waals surface area contributed by atoms with Crippen LogP contribution in [0.5, 0.6) is 0 Å². The second-order valence-corrected chi connectivity index (χ2v) is 4.24. The van der Waals surface area contributed by atoms with E-state index in [9.17, 15) is 4.79 Å². The Morgan fingerprint density at radius 2 is 2.47 bits per heavy atom. The molecule has 2 heterocycles. The molecular weight excluding hydrogens is 218 g/mol. The first-order chi connectivity index (χ1) is 8.24. The number of ether oxygens (including phenoxy) is 1. The van der Waals surface area contributed by atoms with E-state index < -0.39 is 0 Å². The number of pyridine rings is 1. The van der Waals surface area contributed by atoms with E-state index in [2.05, 4.69) is 10.3 Å². The minimum absolute atomic E-state index is 0.0160. The van der Waals surface area contributed by atoms with E-state index >= 15 is 0 Å². The van der Waals surface area contributed by atoms with E-state index in [0.29, 0.717) is 12.3 Å². The number of anilines is 1. The summed E-state index contributed by atoms with van der Waals surface area (Å²) >= 11 is 0. The topological polar surface area (TPSA) is 77.2 Å². The number of carbonyl (C=O) groups excluding carboxylic acids is 1. The van der Waals surface area contributed by atoms with Gasteiger partial charge in [0.2, 0.25) is 5.91 Å².